The van der Waals surface area contributed by atoms with Gasteiger partial charge in [0.15, 0.2) is 4.80 Å². The molecular formula is C18H22FN3O5S2. The van der Waals surface area contributed by atoms with E-state index in [0.29, 0.717) is 17.5 Å². The van der Waals surface area contributed by atoms with Gasteiger partial charge in [0.05, 0.1) is 23.1 Å². The number of sulfonamides is 1. The summed E-state index contributed by atoms with van der Waals surface area (Å²) in [6.45, 7) is 2.12. The average Bonchev–Trinajstić information content (AvgIpc) is 2.99. The Morgan fingerprint density at radius 1 is 1.31 bits per heavy atom. The molecule has 1 aromatic carbocycles. The molecule has 1 saturated heterocycles. The molecule has 158 valence electrons. The van der Waals surface area contributed by atoms with Gasteiger partial charge in [-0.1, -0.05) is 17.4 Å². The fourth-order valence-electron chi connectivity index (χ4n) is 3.27. The van der Waals surface area contributed by atoms with Gasteiger partial charge in [0.1, 0.15) is 12.4 Å². The minimum atomic E-state index is -3.29. The molecule has 2 heterocycles. The number of hydrogen-bond donors (Lipinski definition) is 0. The highest BCUT2D eigenvalue weighted by molar-refractivity contribution is 7.88. The number of halogens is 1. The van der Waals surface area contributed by atoms with E-state index in [2.05, 4.69) is 4.99 Å². The summed E-state index contributed by atoms with van der Waals surface area (Å²) in [4.78, 5) is 29.1. The van der Waals surface area contributed by atoms with Gasteiger partial charge in [0.2, 0.25) is 10.0 Å². The number of nitrogens with zero attached hydrogens (tertiary/aromatic N) is 3. The predicted molar refractivity (Wildman–Crippen MR) is 106 cm³/mol. The van der Waals surface area contributed by atoms with E-state index < -0.39 is 33.6 Å². The summed E-state index contributed by atoms with van der Waals surface area (Å²) >= 11 is 1.12. The summed E-state index contributed by atoms with van der Waals surface area (Å²) in [5, 5.41) is 0. The lowest BCUT2D eigenvalue weighted by Crippen LogP contribution is -2.39. The number of benzene rings is 1. The number of carbonyl (C=O) groups excluding carboxylic acids is 2. The summed E-state index contributed by atoms with van der Waals surface area (Å²) < 4.78 is 45.9. The maximum Gasteiger partial charge on any atom is 0.326 e. The first-order valence-electron chi connectivity index (χ1n) is 9.18. The van der Waals surface area contributed by atoms with Crippen molar-refractivity contribution < 1.29 is 27.1 Å². The molecule has 0 spiro atoms. The van der Waals surface area contributed by atoms with Crippen LogP contribution in [0.25, 0.3) is 10.2 Å². The van der Waals surface area contributed by atoms with Gasteiger partial charge in [-0.2, -0.15) is 4.99 Å². The van der Waals surface area contributed by atoms with Crippen LogP contribution in [0.5, 0.6) is 0 Å². The van der Waals surface area contributed by atoms with Crippen molar-refractivity contribution in [1.29, 1.82) is 0 Å². The van der Waals surface area contributed by atoms with Crippen LogP contribution in [0.15, 0.2) is 23.2 Å². The zero-order chi connectivity index (χ0) is 21.2. The van der Waals surface area contributed by atoms with E-state index in [1.165, 1.54) is 14.9 Å². The fraction of sp³-hybridized carbons (Fsp3) is 0.500. The second-order valence-corrected chi connectivity index (χ2v) is 9.74. The highest BCUT2D eigenvalue weighted by atomic mass is 32.2. The van der Waals surface area contributed by atoms with E-state index in [4.69, 9.17) is 4.74 Å². The van der Waals surface area contributed by atoms with Gasteiger partial charge in [0, 0.05) is 19.0 Å². The molecule has 1 aromatic heterocycles. The summed E-state index contributed by atoms with van der Waals surface area (Å²) in [6.07, 6.45) is 1.88. The Kier molecular flexibility index (Phi) is 6.49. The molecule has 0 radical (unpaired) electrons. The molecule has 2 aromatic rings. The minimum Gasteiger partial charge on any atom is -0.465 e. The Hall–Kier alpha value is -2.11. The van der Waals surface area contributed by atoms with Crippen molar-refractivity contribution in [3.8, 4) is 0 Å². The highest BCUT2D eigenvalue weighted by Gasteiger charge is 2.29. The number of ether oxygens (including phenoxy) is 1. The smallest absolute Gasteiger partial charge is 0.326 e. The molecular weight excluding hydrogens is 421 g/mol. The van der Waals surface area contributed by atoms with Gasteiger partial charge >= 0.3 is 5.97 Å². The van der Waals surface area contributed by atoms with Crippen LogP contribution in [-0.2, 0) is 30.9 Å². The second kappa shape index (κ2) is 8.72. The van der Waals surface area contributed by atoms with Gasteiger partial charge in [-0.3, -0.25) is 9.59 Å². The lowest BCUT2D eigenvalue weighted by atomic mass is 9.98. The lowest BCUT2D eigenvalue weighted by molar-refractivity contribution is -0.143. The number of piperidine rings is 1. The number of para-hydroxylation sites is 1. The van der Waals surface area contributed by atoms with E-state index in [1.807, 2.05) is 0 Å². The molecule has 8 nitrogen and oxygen atoms in total. The Labute approximate surface area is 171 Å². The van der Waals surface area contributed by atoms with Crippen LogP contribution in [0, 0.1) is 11.7 Å². The molecule has 3 rings (SSSR count). The predicted octanol–water partition coefficient (Wildman–Crippen LogP) is 1.50. The van der Waals surface area contributed by atoms with Crippen molar-refractivity contribution in [3.63, 3.8) is 0 Å². The topological polar surface area (TPSA) is 98.0 Å². The highest BCUT2D eigenvalue weighted by Crippen LogP contribution is 2.22. The quantitative estimate of drug-likeness (QED) is 0.653. The van der Waals surface area contributed by atoms with Gasteiger partial charge in [-0.25, -0.2) is 17.1 Å². The molecule has 0 N–H and O–H groups in total. The molecule has 29 heavy (non-hydrogen) atoms. The average molecular weight is 444 g/mol. The zero-order valence-corrected chi connectivity index (χ0v) is 17.8. The number of esters is 1. The van der Waals surface area contributed by atoms with E-state index in [9.17, 15) is 22.4 Å². The molecule has 1 aliphatic rings. The van der Waals surface area contributed by atoms with Gasteiger partial charge in [0.25, 0.3) is 5.91 Å². The number of amides is 1. The Balaban J connectivity index is 1.92. The molecule has 0 unspecified atom stereocenters. The van der Waals surface area contributed by atoms with Crippen molar-refractivity contribution in [3.05, 3.63) is 28.8 Å². The summed E-state index contributed by atoms with van der Waals surface area (Å²) in [5.74, 6) is -1.88. The monoisotopic (exact) mass is 443 g/mol. The second-order valence-electron chi connectivity index (χ2n) is 6.75. The van der Waals surface area contributed by atoms with Crippen LogP contribution in [0.1, 0.15) is 19.8 Å². The molecule has 0 atom stereocenters. The van der Waals surface area contributed by atoms with Crippen molar-refractivity contribution in [2.45, 2.75) is 26.3 Å². The standard InChI is InChI=1S/C18H22FN3O5S2/c1-3-27-15(23)11-22-16-13(19)5-4-6-14(16)28-18(22)20-17(24)12-7-9-21(10-8-12)29(2,25)26/h4-6,12H,3,7-11H2,1-2H3. The Bertz CT molecular complexity index is 1100. The Morgan fingerprint density at radius 3 is 2.62 bits per heavy atom. The normalized spacial score (nSPS) is 17.0. The molecule has 1 amide bonds. The molecule has 1 aliphatic heterocycles. The summed E-state index contributed by atoms with van der Waals surface area (Å²) in [5.41, 5.74) is 0.198. The van der Waals surface area contributed by atoms with E-state index in [0.717, 1.165) is 17.6 Å². The zero-order valence-electron chi connectivity index (χ0n) is 16.1. The summed E-state index contributed by atoms with van der Waals surface area (Å²) in [7, 11) is -3.29. The maximum absolute atomic E-state index is 14.4. The van der Waals surface area contributed by atoms with E-state index >= 15 is 0 Å². The van der Waals surface area contributed by atoms with Crippen LogP contribution in [0.4, 0.5) is 4.39 Å². The maximum atomic E-state index is 14.4. The molecule has 0 aliphatic carbocycles. The SMILES string of the molecule is CCOC(=O)Cn1c(=NC(=O)C2CCN(S(C)(=O)=O)CC2)sc2cccc(F)c21. The Morgan fingerprint density at radius 2 is 2.00 bits per heavy atom. The van der Waals surface area contributed by atoms with Crippen LogP contribution in [0.2, 0.25) is 0 Å². The number of thiazole rings is 1. The van der Waals surface area contributed by atoms with Crippen LogP contribution < -0.4 is 4.80 Å². The first-order chi connectivity index (χ1) is 13.7. The largest absolute Gasteiger partial charge is 0.465 e. The fourth-order valence-corrected chi connectivity index (χ4v) is 5.20. The van der Waals surface area contributed by atoms with Crippen LogP contribution in [0.3, 0.4) is 0 Å². The van der Waals surface area contributed by atoms with Crippen molar-refractivity contribution in [2.24, 2.45) is 10.9 Å². The number of carbonyl (C=O) groups is 2. The molecule has 0 saturated carbocycles. The van der Waals surface area contributed by atoms with Crippen molar-refractivity contribution in [1.82, 2.24) is 8.87 Å². The third-order valence-corrected chi connectivity index (χ3v) is 7.07. The first-order valence-corrected chi connectivity index (χ1v) is 11.8. The number of hydrogen-bond acceptors (Lipinski definition) is 6. The first kappa shape index (κ1) is 21.6. The van der Waals surface area contributed by atoms with Crippen molar-refractivity contribution >= 4 is 43.5 Å². The molecule has 0 bridgehead atoms. The van der Waals surface area contributed by atoms with Gasteiger partial charge in [-0.05, 0) is 31.9 Å². The van der Waals surface area contributed by atoms with Crippen molar-refractivity contribution in [2.75, 3.05) is 26.0 Å². The third kappa shape index (κ3) is 4.90. The van der Waals surface area contributed by atoms with Crippen LogP contribution >= 0.6 is 11.3 Å². The number of rotatable bonds is 5. The molecule has 11 heteroatoms. The van der Waals surface area contributed by atoms with E-state index in [1.54, 1.807) is 19.1 Å². The van der Waals surface area contributed by atoms with Gasteiger partial charge < -0.3 is 9.30 Å². The van der Waals surface area contributed by atoms with Crippen LogP contribution in [-0.4, -0.2) is 55.1 Å². The summed E-state index contributed by atoms with van der Waals surface area (Å²) in [6, 6.07) is 4.53. The van der Waals surface area contributed by atoms with Gasteiger partial charge in [-0.15, -0.1) is 0 Å². The third-order valence-electron chi connectivity index (χ3n) is 4.72. The lowest BCUT2D eigenvalue weighted by Gasteiger charge is -2.28. The number of fused-ring (bicyclic) bond motifs is 1. The van der Waals surface area contributed by atoms with E-state index in [-0.39, 0.29) is 36.6 Å². The number of aromatic nitrogens is 1. The minimum absolute atomic E-state index is 0.189. The molecule has 1 fully saturated rings.